The second-order valence-corrected chi connectivity index (χ2v) is 7.65. The summed E-state index contributed by atoms with van der Waals surface area (Å²) >= 11 is 3.34. The molecule has 1 saturated heterocycles. The summed E-state index contributed by atoms with van der Waals surface area (Å²) in [6.45, 7) is 3.86. The molecule has 0 atom stereocenters. The van der Waals surface area contributed by atoms with E-state index in [2.05, 4.69) is 4.98 Å². The molecule has 1 aromatic carbocycles. The van der Waals surface area contributed by atoms with Crippen LogP contribution in [0.15, 0.2) is 17.5 Å². The number of aryl methyl sites for hydroxylation is 1. The van der Waals surface area contributed by atoms with Crippen LogP contribution in [0.4, 0.5) is 0 Å². The molecule has 1 aliphatic heterocycles. The van der Waals surface area contributed by atoms with Crippen LogP contribution < -0.4 is 4.74 Å². The molecule has 6 heteroatoms. The van der Waals surface area contributed by atoms with Gasteiger partial charge in [-0.1, -0.05) is 0 Å². The highest BCUT2D eigenvalue weighted by Crippen LogP contribution is 2.38. The molecule has 22 heavy (non-hydrogen) atoms. The largest absolute Gasteiger partial charge is 0.483 e. The molecule has 4 rings (SSSR count). The third-order valence-corrected chi connectivity index (χ3v) is 5.82. The summed E-state index contributed by atoms with van der Waals surface area (Å²) in [7, 11) is 0. The Balaban J connectivity index is 1.64. The van der Waals surface area contributed by atoms with E-state index >= 15 is 0 Å². The van der Waals surface area contributed by atoms with Crippen molar-refractivity contribution in [1.82, 2.24) is 9.88 Å². The van der Waals surface area contributed by atoms with Crippen LogP contribution in [-0.4, -0.2) is 35.5 Å². The lowest BCUT2D eigenvalue weighted by atomic mass is 10.2. The highest BCUT2D eigenvalue weighted by atomic mass is 32.1. The maximum atomic E-state index is 12.2. The number of ether oxygens (including phenoxy) is 1. The number of carbonyl (C=O) groups excluding carboxylic acids is 1. The fourth-order valence-corrected chi connectivity index (χ4v) is 4.74. The summed E-state index contributed by atoms with van der Waals surface area (Å²) in [6, 6.07) is 4.07. The number of hydrogen-bond donors (Lipinski definition) is 0. The molecule has 0 spiro atoms. The SMILES string of the molecule is Cc1nc2c(cc(OCC(=O)N3CCCC3)c3ccsc32)s1. The summed E-state index contributed by atoms with van der Waals surface area (Å²) in [5, 5.41) is 4.15. The van der Waals surface area contributed by atoms with E-state index in [-0.39, 0.29) is 12.5 Å². The van der Waals surface area contributed by atoms with Crippen molar-refractivity contribution in [2.75, 3.05) is 19.7 Å². The standard InChI is InChI=1S/C16H16N2O2S2/c1-10-17-15-13(22-10)8-12(11-4-7-21-16(11)15)20-9-14(19)18-5-2-3-6-18/h4,7-8H,2-3,5-6,9H2,1H3. The normalized spacial score (nSPS) is 15.0. The Bertz CT molecular complexity index is 846. The number of fused-ring (bicyclic) bond motifs is 3. The van der Waals surface area contributed by atoms with Crippen LogP contribution in [-0.2, 0) is 4.79 Å². The predicted molar refractivity (Wildman–Crippen MR) is 91.0 cm³/mol. The second kappa shape index (κ2) is 5.52. The van der Waals surface area contributed by atoms with E-state index in [4.69, 9.17) is 4.74 Å². The summed E-state index contributed by atoms with van der Waals surface area (Å²) in [4.78, 5) is 18.7. The van der Waals surface area contributed by atoms with E-state index in [1.54, 1.807) is 22.7 Å². The molecule has 0 N–H and O–H groups in total. The molecule has 114 valence electrons. The molecule has 4 nitrogen and oxygen atoms in total. The molecule has 1 fully saturated rings. The Morgan fingerprint density at radius 2 is 2.23 bits per heavy atom. The maximum absolute atomic E-state index is 12.2. The second-order valence-electron chi connectivity index (χ2n) is 5.49. The van der Waals surface area contributed by atoms with Gasteiger partial charge in [-0.05, 0) is 31.2 Å². The van der Waals surface area contributed by atoms with Gasteiger partial charge in [0.15, 0.2) is 6.61 Å². The average molecular weight is 332 g/mol. The van der Waals surface area contributed by atoms with Crippen LogP contribution in [0.2, 0.25) is 0 Å². The van der Waals surface area contributed by atoms with Crippen molar-refractivity contribution in [3.63, 3.8) is 0 Å². The van der Waals surface area contributed by atoms with Crippen molar-refractivity contribution >= 4 is 48.9 Å². The molecular weight excluding hydrogens is 316 g/mol. The van der Waals surface area contributed by atoms with Gasteiger partial charge in [-0.25, -0.2) is 4.98 Å². The fourth-order valence-electron chi connectivity index (χ4n) is 2.90. The van der Waals surface area contributed by atoms with Crippen molar-refractivity contribution < 1.29 is 9.53 Å². The Labute approximate surface area is 136 Å². The van der Waals surface area contributed by atoms with Crippen molar-refractivity contribution in [2.45, 2.75) is 19.8 Å². The maximum Gasteiger partial charge on any atom is 0.260 e. The van der Waals surface area contributed by atoms with Crippen molar-refractivity contribution in [1.29, 1.82) is 0 Å². The van der Waals surface area contributed by atoms with Crippen LogP contribution in [0.5, 0.6) is 5.75 Å². The molecule has 0 aliphatic carbocycles. The molecule has 0 unspecified atom stereocenters. The van der Waals surface area contributed by atoms with Crippen LogP contribution in [0.1, 0.15) is 17.8 Å². The number of thiazole rings is 1. The van der Waals surface area contributed by atoms with Crippen molar-refractivity contribution in [3.8, 4) is 5.75 Å². The van der Waals surface area contributed by atoms with E-state index < -0.39 is 0 Å². The molecule has 1 aliphatic rings. The Morgan fingerprint density at radius 3 is 3.05 bits per heavy atom. The first-order valence-corrected chi connectivity index (χ1v) is 9.10. The summed E-state index contributed by atoms with van der Waals surface area (Å²) < 4.78 is 8.13. The van der Waals surface area contributed by atoms with Gasteiger partial charge in [0.2, 0.25) is 0 Å². The third kappa shape index (κ3) is 2.36. The molecule has 3 heterocycles. The molecule has 0 radical (unpaired) electrons. The number of amides is 1. The minimum Gasteiger partial charge on any atom is -0.483 e. The summed E-state index contributed by atoms with van der Waals surface area (Å²) in [5.74, 6) is 0.876. The molecule has 1 amide bonds. The number of rotatable bonds is 3. The lowest BCUT2D eigenvalue weighted by Crippen LogP contribution is -2.32. The van der Waals surface area contributed by atoms with Gasteiger partial charge in [-0.2, -0.15) is 0 Å². The van der Waals surface area contributed by atoms with Crippen LogP contribution in [0, 0.1) is 6.92 Å². The number of carbonyl (C=O) groups is 1. The van der Waals surface area contributed by atoms with Gasteiger partial charge in [-0.3, -0.25) is 4.79 Å². The van der Waals surface area contributed by atoms with Gasteiger partial charge in [0, 0.05) is 24.5 Å². The van der Waals surface area contributed by atoms with Gasteiger partial charge in [-0.15, -0.1) is 22.7 Å². The van der Waals surface area contributed by atoms with Gasteiger partial charge in [0.1, 0.15) is 5.75 Å². The van der Waals surface area contributed by atoms with Gasteiger partial charge < -0.3 is 9.64 Å². The minimum atomic E-state index is 0.0847. The fraction of sp³-hybridized carbons (Fsp3) is 0.375. The molecule has 2 aromatic heterocycles. The lowest BCUT2D eigenvalue weighted by molar-refractivity contribution is -0.132. The first-order valence-electron chi connectivity index (χ1n) is 7.40. The Morgan fingerprint density at radius 1 is 1.41 bits per heavy atom. The number of benzene rings is 1. The Kier molecular flexibility index (Phi) is 3.50. The van der Waals surface area contributed by atoms with Crippen molar-refractivity contribution in [2.24, 2.45) is 0 Å². The zero-order valence-electron chi connectivity index (χ0n) is 12.3. The Hall–Kier alpha value is -1.66. The molecule has 0 saturated carbocycles. The number of thiophene rings is 1. The number of nitrogens with zero attached hydrogens (tertiary/aromatic N) is 2. The minimum absolute atomic E-state index is 0.0847. The van der Waals surface area contributed by atoms with Crippen molar-refractivity contribution in [3.05, 3.63) is 22.5 Å². The van der Waals surface area contributed by atoms with Gasteiger partial charge in [0.05, 0.1) is 19.9 Å². The quantitative estimate of drug-likeness (QED) is 0.732. The molecule has 3 aromatic rings. The zero-order chi connectivity index (χ0) is 15.1. The first-order chi connectivity index (χ1) is 10.7. The first kappa shape index (κ1) is 14.0. The van der Waals surface area contributed by atoms with E-state index in [0.717, 1.165) is 57.0 Å². The number of likely N-dealkylation sites (tertiary alicyclic amines) is 1. The van der Waals surface area contributed by atoms with Gasteiger partial charge in [0.25, 0.3) is 5.91 Å². The van der Waals surface area contributed by atoms with Gasteiger partial charge >= 0.3 is 0 Å². The topological polar surface area (TPSA) is 42.4 Å². The summed E-state index contributed by atoms with van der Waals surface area (Å²) in [6.07, 6.45) is 2.21. The summed E-state index contributed by atoms with van der Waals surface area (Å²) in [5.41, 5.74) is 1.05. The smallest absolute Gasteiger partial charge is 0.260 e. The highest BCUT2D eigenvalue weighted by molar-refractivity contribution is 7.21. The molecule has 0 bridgehead atoms. The average Bonchev–Trinajstić information content (AvgIpc) is 3.22. The van der Waals surface area contributed by atoms with E-state index in [1.165, 1.54) is 0 Å². The molecular formula is C16H16N2O2S2. The van der Waals surface area contributed by atoms with Crippen LogP contribution in [0.25, 0.3) is 20.3 Å². The monoisotopic (exact) mass is 332 g/mol. The number of aromatic nitrogens is 1. The highest BCUT2D eigenvalue weighted by Gasteiger charge is 2.19. The zero-order valence-corrected chi connectivity index (χ0v) is 13.9. The lowest BCUT2D eigenvalue weighted by Gasteiger charge is -2.15. The van der Waals surface area contributed by atoms with Crippen LogP contribution in [0.3, 0.4) is 0 Å². The van der Waals surface area contributed by atoms with E-state index in [9.17, 15) is 4.79 Å². The van der Waals surface area contributed by atoms with E-state index in [1.807, 2.05) is 29.3 Å². The predicted octanol–water partition coefficient (Wildman–Crippen LogP) is 3.82. The number of hydrogen-bond acceptors (Lipinski definition) is 5. The van der Waals surface area contributed by atoms with E-state index in [0.29, 0.717) is 0 Å². The van der Waals surface area contributed by atoms with Crippen LogP contribution >= 0.6 is 22.7 Å². The third-order valence-electron chi connectivity index (χ3n) is 3.98.